The van der Waals surface area contributed by atoms with Gasteiger partial charge in [0.15, 0.2) is 0 Å². The van der Waals surface area contributed by atoms with E-state index in [9.17, 15) is 5.11 Å². The van der Waals surface area contributed by atoms with Crippen LogP contribution in [0.2, 0.25) is 0 Å². The molecule has 96 valence electrons. The molecule has 0 aliphatic heterocycles. The highest BCUT2D eigenvalue weighted by atomic mass is 16.3. The highest BCUT2D eigenvalue weighted by Gasteiger charge is 2.09. The molecular weight excluding hydrogens is 242 g/mol. The second-order valence-electron chi connectivity index (χ2n) is 4.27. The molecule has 0 fully saturated rings. The van der Waals surface area contributed by atoms with E-state index < -0.39 is 0 Å². The molecular formula is C14H13N3O2. The standard InChI is InChI=1S/C14H13N3O2/c18-8-7-10-5-6-14(19)13(9-10)17-15-11-3-1-2-4-12(11)16-17/h1-6,9,18-19H,7-8H2. The van der Waals surface area contributed by atoms with Crippen molar-refractivity contribution in [3.05, 3.63) is 48.0 Å². The van der Waals surface area contributed by atoms with Gasteiger partial charge in [-0.25, -0.2) is 0 Å². The predicted molar refractivity (Wildman–Crippen MR) is 71.3 cm³/mol. The summed E-state index contributed by atoms with van der Waals surface area (Å²) in [5, 5.41) is 27.5. The Morgan fingerprint density at radius 1 is 1.00 bits per heavy atom. The Balaban J connectivity index is 2.11. The van der Waals surface area contributed by atoms with Crippen molar-refractivity contribution in [2.24, 2.45) is 0 Å². The van der Waals surface area contributed by atoms with E-state index in [0.717, 1.165) is 16.6 Å². The van der Waals surface area contributed by atoms with Crippen LogP contribution in [0.1, 0.15) is 5.56 Å². The van der Waals surface area contributed by atoms with Crippen molar-refractivity contribution in [2.75, 3.05) is 6.61 Å². The van der Waals surface area contributed by atoms with Crippen LogP contribution in [0.5, 0.6) is 5.75 Å². The average Bonchev–Trinajstić information content (AvgIpc) is 2.85. The minimum Gasteiger partial charge on any atom is -0.506 e. The number of rotatable bonds is 3. The van der Waals surface area contributed by atoms with E-state index in [-0.39, 0.29) is 12.4 Å². The second-order valence-corrected chi connectivity index (χ2v) is 4.27. The number of hydrogen-bond donors (Lipinski definition) is 2. The molecule has 19 heavy (non-hydrogen) atoms. The molecule has 3 rings (SSSR count). The lowest BCUT2D eigenvalue weighted by molar-refractivity contribution is 0.299. The van der Waals surface area contributed by atoms with Gasteiger partial charge in [-0.1, -0.05) is 18.2 Å². The van der Waals surface area contributed by atoms with Crippen molar-refractivity contribution >= 4 is 11.0 Å². The average molecular weight is 255 g/mol. The predicted octanol–water partition coefficient (Wildman–Crippen LogP) is 1.66. The summed E-state index contributed by atoms with van der Waals surface area (Å²) in [6, 6.07) is 12.7. The third kappa shape index (κ3) is 2.15. The van der Waals surface area contributed by atoms with Gasteiger partial charge in [-0.05, 0) is 36.2 Å². The topological polar surface area (TPSA) is 71.2 Å². The third-order valence-electron chi connectivity index (χ3n) is 2.94. The smallest absolute Gasteiger partial charge is 0.143 e. The van der Waals surface area contributed by atoms with Crippen molar-refractivity contribution in [1.82, 2.24) is 15.0 Å². The summed E-state index contributed by atoms with van der Waals surface area (Å²) in [5.41, 5.74) is 2.99. The van der Waals surface area contributed by atoms with Crippen LogP contribution in [0.25, 0.3) is 16.7 Å². The molecule has 0 radical (unpaired) electrons. The zero-order chi connectivity index (χ0) is 13.2. The van der Waals surface area contributed by atoms with E-state index in [4.69, 9.17) is 5.11 Å². The summed E-state index contributed by atoms with van der Waals surface area (Å²) in [7, 11) is 0. The molecule has 0 atom stereocenters. The van der Waals surface area contributed by atoms with Gasteiger partial charge in [-0.3, -0.25) is 0 Å². The van der Waals surface area contributed by atoms with Crippen molar-refractivity contribution in [1.29, 1.82) is 0 Å². The molecule has 1 aromatic heterocycles. The maximum Gasteiger partial charge on any atom is 0.143 e. The van der Waals surface area contributed by atoms with Crippen molar-refractivity contribution in [2.45, 2.75) is 6.42 Å². The largest absolute Gasteiger partial charge is 0.506 e. The number of fused-ring (bicyclic) bond motifs is 1. The van der Waals surface area contributed by atoms with Crippen LogP contribution < -0.4 is 0 Å². The summed E-state index contributed by atoms with van der Waals surface area (Å²) in [6.45, 7) is 0.0682. The van der Waals surface area contributed by atoms with E-state index >= 15 is 0 Å². The quantitative estimate of drug-likeness (QED) is 0.746. The van der Waals surface area contributed by atoms with Gasteiger partial charge < -0.3 is 10.2 Å². The van der Waals surface area contributed by atoms with Gasteiger partial charge in [-0.15, -0.1) is 15.0 Å². The van der Waals surface area contributed by atoms with Crippen LogP contribution in [0, 0.1) is 0 Å². The monoisotopic (exact) mass is 255 g/mol. The lowest BCUT2D eigenvalue weighted by Gasteiger charge is -2.05. The number of benzene rings is 2. The van der Waals surface area contributed by atoms with Gasteiger partial charge in [0, 0.05) is 6.61 Å². The molecule has 2 N–H and O–H groups in total. The van der Waals surface area contributed by atoms with Crippen molar-refractivity contribution in [3.8, 4) is 11.4 Å². The number of aliphatic hydroxyl groups excluding tert-OH is 1. The van der Waals surface area contributed by atoms with E-state index in [1.807, 2.05) is 24.3 Å². The normalized spacial score (nSPS) is 11.0. The lowest BCUT2D eigenvalue weighted by Crippen LogP contribution is -2.01. The van der Waals surface area contributed by atoms with Crippen LogP contribution in [0.3, 0.4) is 0 Å². The SMILES string of the molecule is OCCc1ccc(O)c(-n2nc3ccccc3n2)c1. The lowest BCUT2D eigenvalue weighted by atomic mass is 10.1. The molecule has 0 saturated carbocycles. The molecule has 5 nitrogen and oxygen atoms in total. The number of aliphatic hydroxyl groups is 1. The van der Waals surface area contributed by atoms with Crippen LogP contribution in [-0.4, -0.2) is 31.8 Å². The van der Waals surface area contributed by atoms with E-state index in [2.05, 4.69) is 10.2 Å². The van der Waals surface area contributed by atoms with Crippen LogP contribution in [-0.2, 0) is 6.42 Å². The number of aromatic hydroxyl groups is 1. The molecule has 0 unspecified atom stereocenters. The summed E-state index contributed by atoms with van der Waals surface area (Å²) >= 11 is 0. The Morgan fingerprint density at radius 2 is 1.68 bits per heavy atom. The fourth-order valence-corrected chi connectivity index (χ4v) is 1.98. The van der Waals surface area contributed by atoms with Crippen molar-refractivity contribution < 1.29 is 10.2 Å². The second kappa shape index (κ2) is 4.70. The zero-order valence-electron chi connectivity index (χ0n) is 10.2. The number of phenolic OH excluding ortho intramolecular Hbond substituents is 1. The highest BCUT2D eigenvalue weighted by Crippen LogP contribution is 2.23. The Kier molecular flexibility index (Phi) is 2.89. The van der Waals surface area contributed by atoms with Crippen LogP contribution in [0.15, 0.2) is 42.5 Å². The minimum atomic E-state index is 0.0682. The third-order valence-corrected chi connectivity index (χ3v) is 2.94. The molecule has 3 aromatic rings. The van der Waals surface area contributed by atoms with Crippen LogP contribution in [0.4, 0.5) is 0 Å². The molecule has 0 aliphatic carbocycles. The van der Waals surface area contributed by atoms with E-state index in [1.165, 1.54) is 4.80 Å². The molecule has 0 amide bonds. The minimum absolute atomic E-state index is 0.0682. The first-order valence-electron chi connectivity index (χ1n) is 6.03. The Labute approximate surface area is 109 Å². The zero-order valence-corrected chi connectivity index (χ0v) is 10.2. The molecule has 0 spiro atoms. The fraction of sp³-hybridized carbons (Fsp3) is 0.143. The van der Waals surface area contributed by atoms with E-state index in [0.29, 0.717) is 12.1 Å². The van der Waals surface area contributed by atoms with Gasteiger partial charge in [-0.2, -0.15) is 0 Å². The maximum absolute atomic E-state index is 9.92. The number of nitrogens with zero attached hydrogens (tertiary/aromatic N) is 3. The molecule has 1 heterocycles. The fourth-order valence-electron chi connectivity index (χ4n) is 1.98. The Bertz CT molecular complexity index is 689. The number of phenols is 1. The van der Waals surface area contributed by atoms with Gasteiger partial charge in [0.1, 0.15) is 22.5 Å². The summed E-state index contributed by atoms with van der Waals surface area (Å²) in [5.74, 6) is 0.113. The summed E-state index contributed by atoms with van der Waals surface area (Å²) in [4.78, 5) is 1.42. The molecule has 2 aromatic carbocycles. The number of hydrogen-bond acceptors (Lipinski definition) is 4. The van der Waals surface area contributed by atoms with Gasteiger partial charge in [0.05, 0.1) is 0 Å². The summed E-state index contributed by atoms with van der Waals surface area (Å²) in [6.07, 6.45) is 0.536. The first-order chi connectivity index (χ1) is 9.28. The molecule has 5 heteroatoms. The first kappa shape index (κ1) is 11.7. The Hall–Kier alpha value is -2.40. The first-order valence-corrected chi connectivity index (χ1v) is 6.03. The molecule has 0 saturated heterocycles. The van der Waals surface area contributed by atoms with Gasteiger partial charge in [0.2, 0.25) is 0 Å². The molecule has 0 bridgehead atoms. The van der Waals surface area contributed by atoms with Crippen LogP contribution >= 0.6 is 0 Å². The maximum atomic E-state index is 9.92. The number of aromatic nitrogens is 3. The van der Waals surface area contributed by atoms with E-state index in [1.54, 1.807) is 18.2 Å². The van der Waals surface area contributed by atoms with Gasteiger partial charge in [0.25, 0.3) is 0 Å². The molecule has 0 aliphatic rings. The Morgan fingerprint density at radius 3 is 2.32 bits per heavy atom. The van der Waals surface area contributed by atoms with Gasteiger partial charge >= 0.3 is 0 Å². The van der Waals surface area contributed by atoms with Crippen molar-refractivity contribution in [3.63, 3.8) is 0 Å². The highest BCUT2D eigenvalue weighted by molar-refractivity contribution is 5.73. The summed E-state index contributed by atoms with van der Waals surface area (Å²) < 4.78 is 0.